The van der Waals surface area contributed by atoms with Gasteiger partial charge in [0.05, 0.1) is 7.47 Å². The van der Waals surface area contributed by atoms with E-state index in [-0.39, 0.29) is 0 Å². The minimum Gasteiger partial charge on any atom is -0.391 e. The van der Waals surface area contributed by atoms with Crippen molar-refractivity contribution in [2.45, 2.75) is 38.2 Å². The van der Waals surface area contributed by atoms with Crippen LogP contribution in [0.3, 0.4) is 0 Å². The van der Waals surface area contributed by atoms with Gasteiger partial charge in [-0.2, -0.15) is 0 Å². The Morgan fingerprint density at radius 2 is 1.92 bits per heavy atom. The van der Waals surface area contributed by atoms with Crippen LogP contribution in [0.5, 0.6) is 0 Å². The van der Waals surface area contributed by atoms with Crippen molar-refractivity contribution in [3.05, 3.63) is 0 Å². The smallest absolute Gasteiger partial charge is 0.160 e. The number of aliphatic hydroxyl groups excluding tert-OH is 3. The first-order valence-electron chi connectivity index (χ1n) is 4.89. The van der Waals surface area contributed by atoms with Crippen molar-refractivity contribution in [2.75, 3.05) is 0 Å². The maximum Gasteiger partial charge on any atom is 0.160 e. The summed E-state index contributed by atoms with van der Waals surface area (Å²) in [6.07, 6.45) is -9.58. The molecule has 4 unspecified atom stereocenters. The molecule has 0 heterocycles. The van der Waals surface area contributed by atoms with E-state index in [0.717, 1.165) is 6.92 Å². The van der Waals surface area contributed by atoms with E-state index >= 15 is 0 Å². The van der Waals surface area contributed by atoms with Gasteiger partial charge in [0.25, 0.3) is 0 Å². The van der Waals surface area contributed by atoms with Crippen molar-refractivity contribution in [3.8, 4) is 0 Å². The van der Waals surface area contributed by atoms with Gasteiger partial charge in [-0.3, -0.25) is 4.79 Å². The van der Waals surface area contributed by atoms with Crippen molar-refractivity contribution >= 4 is 5.78 Å². The maximum absolute atomic E-state index is 10.7. The number of ketones is 1. The summed E-state index contributed by atoms with van der Waals surface area (Å²) in [5.74, 6) is -0.967. The van der Waals surface area contributed by atoms with Gasteiger partial charge in [-0.15, -0.1) is 0 Å². The monoisotopic (exact) mass is 181 g/mol. The van der Waals surface area contributed by atoms with E-state index in [0.29, 0.717) is 0 Å². The standard InChI is InChI=1S/C7H14O5/c1-3(8)5(10)7(12)6(11)4(2)9/h3,5-8,10-12H,1-2H3/i1D2,7D. The number of rotatable bonds is 4. The summed E-state index contributed by atoms with van der Waals surface area (Å²) in [6.45, 7) is -1.02. The van der Waals surface area contributed by atoms with Crippen molar-refractivity contribution in [2.24, 2.45) is 0 Å². The lowest BCUT2D eigenvalue weighted by molar-refractivity contribution is -0.141. The first kappa shape index (κ1) is 6.97. The molecule has 0 aromatic heterocycles. The van der Waals surface area contributed by atoms with Crippen LogP contribution < -0.4 is 0 Å². The molecule has 0 fully saturated rings. The molecule has 0 saturated heterocycles. The molecular formula is C7H14O5. The van der Waals surface area contributed by atoms with Gasteiger partial charge in [-0.25, -0.2) is 0 Å². The van der Waals surface area contributed by atoms with Gasteiger partial charge in [-0.05, 0) is 13.8 Å². The quantitative estimate of drug-likeness (QED) is 0.403. The molecule has 0 radical (unpaired) electrons. The van der Waals surface area contributed by atoms with E-state index in [2.05, 4.69) is 0 Å². The summed E-state index contributed by atoms with van der Waals surface area (Å²) >= 11 is 0. The number of aliphatic hydroxyl groups is 4. The Morgan fingerprint density at radius 3 is 2.25 bits per heavy atom. The Kier molecular flexibility index (Phi) is 2.62. The van der Waals surface area contributed by atoms with Crippen LogP contribution in [0.2, 0.25) is 0 Å². The Bertz CT molecular complexity index is 233. The summed E-state index contributed by atoms with van der Waals surface area (Å²) in [7, 11) is 0. The zero-order chi connectivity index (χ0) is 12.4. The molecule has 12 heavy (non-hydrogen) atoms. The fourth-order valence-corrected chi connectivity index (χ4v) is 0.545. The van der Waals surface area contributed by atoms with Gasteiger partial charge < -0.3 is 20.4 Å². The van der Waals surface area contributed by atoms with E-state index in [1.165, 1.54) is 0 Å². The summed E-state index contributed by atoms with van der Waals surface area (Å²) in [4.78, 5) is 10.7. The average Bonchev–Trinajstić information content (AvgIpc) is 2.13. The van der Waals surface area contributed by atoms with Crippen LogP contribution in [0.4, 0.5) is 0 Å². The first-order valence-corrected chi connectivity index (χ1v) is 3.24. The predicted octanol–water partition coefficient (Wildman–Crippen LogP) is -1.96. The molecule has 0 aromatic rings. The minimum absolute atomic E-state index is 0.891. The Morgan fingerprint density at radius 1 is 1.42 bits per heavy atom. The van der Waals surface area contributed by atoms with E-state index < -0.39 is 37.1 Å². The molecule has 4 atom stereocenters. The largest absolute Gasteiger partial charge is 0.391 e. The third-order valence-corrected chi connectivity index (χ3v) is 1.29. The summed E-state index contributed by atoms with van der Waals surface area (Å²) < 4.78 is 20.6. The van der Waals surface area contributed by atoms with Gasteiger partial charge in [0.1, 0.15) is 18.3 Å². The zero-order valence-electron chi connectivity index (χ0n) is 9.51. The lowest BCUT2D eigenvalue weighted by Crippen LogP contribution is -2.46. The third kappa shape index (κ3) is 2.86. The van der Waals surface area contributed by atoms with Gasteiger partial charge in [0.2, 0.25) is 0 Å². The van der Waals surface area contributed by atoms with Gasteiger partial charge in [0.15, 0.2) is 5.78 Å². The highest BCUT2D eigenvalue weighted by Crippen LogP contribution is 2.05. The normalized spacial score (nSPS) is 27.7. The van der Waals surface area contributed by atoms with Gasteiger partial charge in [-0.1, -0.05) is 0 Å². The fraction of sp³-hybridized carbons (Fsp3) is 0.857. The van der Waals surface area contributed by atoms with Crippen LogP contribution in [-0.4, -0.2) is 50.6 Å². The molecule has 0 bridgehead atoms. The number of carbonyl (C=O) groups is 1. The molecule has 0 rings (SSSR count). The van der Waals surface area contributed by atoms with Crippen LogP contribution >= 0.6 is 0 Å². The molecule has 0 aromatic carbocycles. The molecule has 0 saturated carbocycles. The summed E-state index contributed by atoms with van der Waals surface area (Å²) in [6, 6.07) is 0. The van der Waals surface area contributed by atoms with Crippen LogP contribution in [0.15, 0.2) is 0 Å². The molecule has 4 N–H and O–H groups in total. The maximum atomic E-state index is 10.7. The summed E-state index contributed by atoms with van der Waals surface area (Å²) in [5.41, 5.74) is 0. The molecule has 0 aliphatic rings. The molecule has 72 valence electrons. The lowest BCUT2D eigenvalue weighted by atomic mass is 10.0. The van der Waals surface area contributed by atoms with Crippen LogP contribution in [0, 0.1) is 0 Å². The predicted molar refractivity (Wildman–Crippen MR) is 40.4 cm³/mol. The van der Waals surface area contributed by atoms with Crippen molar-refractivity contribution < 1.29 is 29.3 Å². The van der Waals surface area contributed by atoms with E-state index in [9.17, 15) is 15.0 Å². The lowest BCUT2D eigenvalue weighted by Gasteiger charge is -2.22. The molecular weight excluding hydrogens is 164 g/mol. The SMILES string of the molecule is [2H]C([2H])C(O)C(O)C([2H])(O)C(O)C(C)=O. The number of carbonyl (C=O) groups excluding carboxylic acids is 1. The molecule has 0 aliphatic heterocycles. The number of hydrogen-bond donors (Lipinski definition) is 4. The highest BCUT2D eigenvalue weighted by atomic mass is 16.4. The topological polar surface area (TPSA) is 98.0 Å². The molecule has 0 amide bonds. The van der Waals surface area contributed by atoms with Crippen molar-refractivity contribution in [1.82, 2.24) is 0 Å². The van der Waals surface area contributed by atoms with E-state index in [4.69, 9.17) is 14.3 Å². The van der Waals surface area contributed by atoms with Crippen molar-refractivity contribution in [3.63, 3.8) is 0 Å². The first-order chi connectivity index (χ1) is 6.62. The Balaban J connectivity index is 4.78. The molecule has 5 heteroatoms. The number of hydrogen-bond acceptors (Lipinski definition) is 5. The van der Waals surface area contributed by atoms with E-state index in [1.807, 2.05) is 0 Å². The fourth-order valence-electron chi connectivity index (χ4n) is 0.545. The molecule has 0 spiro atoms. The average molecular weight is 181 g/mol. The second-order valence-electron chi connectivity index (χ2n) is 2.37. The molecule has 5 nitrogen and oxygen atoms in total. The van der Waals surface area contributed by atoms with Crippen LogP contribution in [0.1, 0.15) is 17.9 Å². The van der Waals surface area contributed by atoms with Crippen LogP contribution in [-0.2, 0) is 4.79 Å². The minimum atomic E-state index is -3.04. The van der Waals surface area contributed by atoms with Gasteiger partial charge in [0, 0.05) is 2.74 Å². The highest BCUT2D eigenvalue weighted by molar-refractivity contribution is 5.80. The summed E-state index contributed by atoms with van der Waals surface area (Å²) in [5, 5.41) is 36.6. The molecule has 0 aliphatic carbocycles. The highest BCUT2D eigenvalue weighted by Gasteiger charge is 2.30. The Labute approximate surface area is 74.5 Å². The third-order valence-electron chi connectivity index (χ3n) is 1.29. The second kappa shape index (κ2) is 4.51. The second-order valence-corrected chi connectivity index (χ2v) is 2.37. The Hall–Kier alpha value is -0.490. The zero-order valence-corrected chi connectivity index (χ0v) is 6.51. The number of Topliss-reactive ketones (excluding diaryl/α,β-unsaturated/α-hetero) is 1. The van der Waals surface area contributed by atoms with E-state index in [1.54, 1.807) is 0 Å². The van der Waals surface area contributed by atoms with Gasteiger partial charge >= 0.3 is 0 Å². The van der Waals surface area contributed by atoms with Crippen LogP contribution in [0.25, 0.3) is 0 Å². The van der Waals surface area contributed by atoms with Crippen molar-refractivity contribution in [1.29, 1.82) is 0 Å².